The Bertz CT molecular complexity index is 4880. The average molecular weight is 1060 g/mol. The molecule has 11 aromatic carbocycles. The van der Waals surface area contributed by atoms with Crippen LogP contribution in [0.5, 0.6) is 0 Å². The summed E-state index contributed by atoms with van der Waals surface area (Å²) >= 11 is 1.90. The first-order chi connectivity index (χ1) is 39.5. The molecule has 0 bridgehead atoms. The molecular weight excluding hydrogens is 1000 g/mol. The number of hydrogen-bond donors (Lipinski definition) is 0. The van der Waals surface area contributed by atoms with Gasteiger partial charge in [-0.15, -0.1) is 11.3 Å². The lowest BCUT2D eigenvalue weighted by molar-refractivity contribution is 0.590. The second-order valence-electron chi connectivity index (χ2n) is 24.5. The Morgan fingerprint density at radius 3 is 1.63 bits per heavy atom. The standard InChI is InChI=1S/C74H56BN5S/c1-73(2,3)45-34-38-60-55(40-45)56-41-46(74(4,5)6)35-39-61(56)77(60)49-36-37-57-65(42-49)78(64-32-18-27-54-52-25-14-16-33-68(52)81-72(54)64)66-43-50(76(47-20-9-7-10-21-47)48-22-11-8-12-23-48)44-67-69(66)75(57)58-28-19-31-63-71(58)80(67)62-30-17-26-53-51-24-13-15-29-59(51)79(63)70(53)62/h7-44H,1-6H3. The molecule has 0 saturated carbocycles. The molecule has 0 unspecified atom stereocenters. The summed E-state index contributed by atoms with van der Waals surface area (Å²) in [5.41, 5.74) is 24.1. The molecule has 5 nitrogen and oxygen atoms in total. The van der Waals surface area contributed by atoms with Crippen molar-refractivity contribution in [3.8, 4) is 11.4 Å². The van der Waals surface area contributed by atoms with E-state index in [1.54, 1.807) is 0 Å². The van der Waals surface area contributed by atoms with Crippen LogP contribution in [-0.4, -0.2) is 15.8 Å². The summed E-state index contributed by atoms with van der Waals surface area (Å²) in [5.74, 6) is 0. The average Bonchev–Trinajstić information content (AvgIpc) is 4.04. The maximum atomic E-state index is 2.66. The summed E-state index contributed by atoms with van der Waals surface area (Å²) in [4.78, 5) is 7.74. The molecule has 0 atom stereocenters. The van der Waals surface area contributed by atoms with E-state index in [0.29, 0.717) is 0 Å². The van der Waals surface area contributed by atoms with Crippen LogP contribution in [0.2, 0.25) is 0 Å². The highest BCUT2D eigenvalue weighted by Crippen LogP contribution is 2.55. The van der Waals surface area contributed by atoms with Crippen LogP contribution in [0.1, 0.15) is 52.7 Å². The van der Waals surface area contributed by atoms with Crippen LogP contribution in [0.15, 0.2) is 231 Å². The fourth-order valence-corrected chi connectivity index (χ4v) is 15.3. The van der Waals surface area contributed by atoms with Gasteiger partial charge in [0.05, 0.1) is 55.2 Å². The van der Waals surface area contributed by atoms with Crippen LogP contribution in [0.3, 0.4) is 0 Å². The van der Waals surface area contributed by atoms with Crippen molar-refractivity contribution in [3.63, 3.8) is 0 Å². The van der Waals surface area contributed by atoms with E-state index in [1.165, 1.54) is 131 Å². The first-order valence-corrected chi connectivity index (χ1v) is 29.3. The quantitative estimate of drug-likeness (QED) is 0.160. The molecule has 3 aliphatic rings. The first kappa shape index (κ1) is 46.6. The van der Waals surface area contributed by atoms with E-state index >= 15 is 0 Å². The molecule has 3 aromatic heterocycles. The van der Waals surface area contributed by atoms with Crippen molar-refractivity contribution in [2.24, 2.45) is 0 Å². The van der Waals surface area contributed by atoms with E-state index in [1.807, 2.05) is 11.3 Å². The van der Waals surface area contributed by atoms with Crippen molar-refractivity contribution >= 4 is 149 Å². The minimum absolute atomic E-state index is 0.0133. The lowest BCUT2D eigenvalue weighted by Crippen LogP contribution is -2.61. The molecule has 0 radical (unpaired) electrons. The van der Waals surface area contributed by atoms with E-state index in [-0.39, 0.29) is 17.5 Å². The van der Waals surface area contributed by atoms with Gasteiger partial charge in [-0.25, -0.2) is 0 Å². The van der Waals surface area contributed by atoms with Gasteiger partial charge < -0.3 is 23.8 Å². The Hall–Kier alpha value is -9.30. The molecule has 7 heteroatoms. The van der Waals surface area contributed by atoms with Crippen LogP contribution in [0.25, 0.3) is 75.2 Å². The SMILES string of the molecule is CC(C)(C)c1ccc2c(c1)c1cc(C(C)(C)C)ccc1n2-c1ccc2c(c1)N(c1cccc3c1sc1ccccc13)c1cc(N(c3ccccc3)c3ccccc3)cc3c1B2c1cccc2c1N3c1cccc3c4ccccc4n-2c13. The zero-order valence-corrected chi connectivity index (χ0v) is 47.0. The predicted octanol–water partition coefficient (Wildman–Crippen LogP) is 18.7. The van der Waals surface area contributed by atoms with Gasteiger partial charge in [-0.3, -0.25) is 0 Å². The highest BCUT2D eigenvalue weighted by molar-refractivity contribution is 7.26. The van der Waals surface area contributed by atoms with Crippen molar-refractivity contribution in [3.05, 3.63) is 242 Å². The molecule has 0 spiro atoms. The minimum atomic E-state index is -0.108. The molecule has 81 heavy (non-hydrogen) atoms. The molecule has 0 N–H and O–H groups in total. The summed E-state index contributed by atoms with van der Waals surface area (Å²) in [5, 5.41) is 7.63. The zero-order chi connectivity index (χ0) is 54.2. The van der Waals surface area contributed by atoms with E-state index in [4.69, 9.17) is 0 Å². The topological polar surface area (TPSA) is 19.6 Å². The summed E-state index contributed by atoms with van der Waals surface area (Å²) in [7, 11) is 0. The van der Waals surface area contributed by atoms with Crippen molar-refractivity contribution in [1.29, 1.82) is 0 Å². The molecule has 0 fully saturated rings. The molecular formula is C74H56BN5S. The number of aromatic nitrogens is 2. The van der Waals surface area contributed by atoms with E-state index < -0.39 is 0 Å². The van der Waals surface area contributed by atoms with Crippen molar-refractivity contribution in [2.75, 3.05) is 14.7 Å². The molecule has 14 aromatic rings. The summed E-state index contributed by atoms with van der Waals surface area (Å²) < 4.78 is 7.64. The Morgan fingerprint density at radius 1 is 0.370 bits per heavy atom. The number of fused-ring (bicyclic) bond motifs is 15. The zero-order valence-electron chi connectivity index (χ0n) is 46.2. The minimum Gasteiger partial charge on any atom is -0.310 e. The summed E-state index contributed by atoms with van der Waals surface area (Å²) in [6.45, 7) is 13.8. The Kier molecular flexibility index (Phi) is 9.57. The monoisotopic (exact) mass is 1060 g/mol. The van der Waals surface area contributed by atoms with Crippen LogP contribution in [-0.2, 0) is 10.8 Å². The van der Waals surface area contributed by atoms with Crippen LogP contribution >= 0.6 is 11.3 Å². The molecule has 17 rings (SSSR count). The Labute approximate surface area is 475 Å². The third kappa shape index (κ3) is 6.55. The molecule has 3 aliphatic heterocycles. The van der Waals surface area contributed by atoms with Crippen molar-refractivity contribution in [1.82, 2.24) is 9.13 Å². The lowest BCUT2D eigenvalue weighted by atomic mass is 9.33. The number of para-hydroxylation sites is 5. The maximum Gasteiger partial charge on any atom is 0.252 e. The van der Waals surface area contributed by atoms with Gasteiger partial charge in [-0.1, -0.05) is 169 Å². The van der Waals surface area contributed by atoms with Crippen LogP contribution in [0, 0.1) is 0 Å². The van der Waals surface area contributed by atoms with Gasteiger partial charge in [0.15, 0.2) is 0 Å². The third-order valence-electron chi connectivity index (χ3n) is 17.9. The number of rotatable bonds is 5. The number of nitrogens with zero attached hydrogens (tertiary/aromatic N) is 5. The van der Waals surface area contributed by atoms with Gasteiger partial charge in [-0.05, 0) is 141 Å². The second kappa shape index (κ2) is 16.6. The Morgan fingerprint density at radius 2 is 0.938 bits per heavy atom. The molecule has 0 aliphatic carbocycles. The van der Waals surface area contributed by atoms with Gasteiger partial charge in [0.1, 0.15) is 0 Å². The Balaban J connectivity index is 1.02. The van der Waals surface area contributed by atoms with Crippen molar-refractivity contribution < 1.29 is 0 Å². The maximum absolute atomic E-state index is 2.66. The van der Waals surface area contributed by atoms with Crippen molar-refractivity contribution in [2.45, 2.75) is 52.4 Å². The lowest BCUT2D eigenvalue weighted by Gasteiger charge is -2.46. The summed E-state index contributed by atoms with van der Waals surface area (Å²) in [6.07, 6.45) is 0. The number of thiophene rings is 1. The molecule has 0 amide bonds. The summed E-state index contributed by atoms with van der Waals surface area (Å²) in [6, 6.07) is 87.5. The van der Waals surface area contributed by atoms with Crippen LogP contribution in [0.4, 0.5) is 51.2 Å². The van der Waals surface area contributed by atoms with E-state index in [9.17, 15) is 0 Å². The number of hydrogen-bond acceptors (Lipinski definition) is 4. The normalized spacial score (nSPS) is 13.5. The highest BCUT2D eigenvalue weighted by Gasteiger charge is 2.47. The number of anilines is 9. The smallest absolute Gasteiger partial charge is 0.252 e. The fourth-order valence-electron chi connectivity index (χ4n) is 14.1. The van der Waals surface area contributed by atoms with Gasteiger partial charge in [0, 0.05) is 71.1 Å². The van der Waals surface area contributed by atoms with Gasteiger partial charge in [-0.2, -0.15) is 0 Å². The van der Waals surface area contributed by atoms with E-state index in [2.05, 4.69) is 296 Å². The fraction of sp³-hybridized carbons (Fsp3) is 0.108. The predicted molar refractivity (Wildman–Crippen MR) is 348 cm³/mol. The largest absolute Gasteiger partial charge is 0.310 e. The molecule has 6 heterocycles. The first-order valence-electron chi connectivity index (χ1n) is 28.5. The second-order valence-corrected chi connectivity index (χ2v) is 25.6. The van der Waals surface area contributed by atoms with Crippen LogP contribution < -0.4 is 31.1 Å². The number of benzene rings is 11. The molecule has 386 valence electrons. The third-order valence-corrected chi connectivity index (χ3v) is 19.1. The van der Waals surface area contributed by atoms with E-state index in [0.717, 1.165) is 22.7 Å². The van der Waals surface area contributed by atoms with Gasteiger partial charge >= 0.3 is 0 Å². The highest BCUT2D eigenvalue weighted by atomic mass is 32.1. The molecule has 0 saturated heterocycles. The van der Waals surface area contributed by atoms with Gasteiger partial charge in [0.2, 0.25) is 0 Å². The van der Waals surface area contributed by atoms with Gasteiger partial charge in [0.25, 0.3) is 6.71 Å².